The van der Waals surface area contributed by atoms with E-state index in [0.29, 0.717) is 62.6 Å². The summed E-state index contributed by atoms with van der Waals surface area (Å²) < 4.78 is 35.1. The number of nitrogen functional groups attached to an aromatic ring is 1. The standard InChI is InChI=1S/C22H24F2N10O2/c1-26-19(35)13-11-16(15(24)12-14(13)23)33-8-6-32(7-9-33)5-4-27-21-29-20(25)34-22(30-21)28-18(31-34)17-3-2-10-36-17/h2-3,10-12H,4-9H2,1H3,(H,26,35)(H3,25,27,28,29,30,31). The maximum absolute atomic E-state index is 14.4. The van der Waals surface area contributed by atoms with Gasteiger partial charge < -0.3 is 25.7 Å². The van der Waals surface area contributed by atoms with Crippen LogP contribution in [0.2, 0.25) is 0 Å². The molecule has 0 radical (unpaired) electrons. The summed E-state index contributed by atoms with van der Waals surface area (Å²) in [7, 11) is 1.40. The summed E-state index contributed by atoms with van der Waals surface area (Å²) in [6.07, 6.45) is 1.53. The molecule has 0 unspecified atom stereocenters. The monoisotopic (exact) mass is 498 g/mol. The fourth-order valence-electron chi connectivity index (χ4n) is 4.02. The fraction of sp³-hybridized carbons (Fsp3) is 0.318. The molecule has 1 fully saturated rings. The van der Waals surface area contributed by atoms with Crippen LogP contribution in [0.3, 0.4) is 0 Å². The molecule has 4 aromatic rings. The number of hydrogen-bond acceptors (Lipinski definition) is 10. The minimum absolute atomic E-state index is 0.138. The number of aromatic nitrogens is 5. The van der Waals surface area contributed by atoms with Gasteiger partial charge in [0, 0.05) is 52.4 Å². The van der Waals surface area contributed by atoms with E-state index in [0.717, 1.165) is 6.07 Å². The average molecular weight is 498 g/mol. The van der Waals surface area contributed by atoms with Crippen molar-refractivity contribution in [2.75, 3.05) is 62.3 Å². The molecule has 0 spiro atoms. The highest BCUT2D eigenvalue weighted by atomic mass is 19.1. The number of piperazine rings is 1. The molecule has 12 nitrogen and oxygen atoms in total. The number of hydrogen-bond donors (Lipinski definition) is 3. The van der Waals surface area contributed by atoms with Gasteiger partial charge in [-0.3, -0.25) is 9.69 Å². The highest BCUT2D eigenvalue weighted by Crippen LogP contribution is 2.25. The summed E-state index contributed by atoms with van der Waals surface area (Å²) in [6, 6.07) is 5.50. The van der Waals surface area contributed by atoms with Crippen molar-refractivity contribution in [1.29, 1.82) is 0 Å². The predicted molar refractivity (Wildman–Crippen MR) is 128 cm³/mol. The van der Waals surface area contributed by atoms with E-state index < -0.39 is 17.5 Å². The van der Waals surface area contributed by atoms with Gasteiger partial charge in [-0.05, 0) is 18.2 Å². The van der Waals surface area contributed by atoms with Crippen molar-refractivity contribution in [1.82, 2.24) is 34.8 Å². The molecule has 0 aliphatic carbocycles. The lowest BCUT2D eigenvalue weighted by molar-refractivity contribution is 0.0959. The molecule has 1 aliphatic rings. The van der Waals surface area contributed by atoms with Crippen molar-refractivity contribution in [2.24, 2.45) is 0 Å². The van der Waals surface area contributed by atoms with Gasteiger partial charge in [-0.1, -0.05) is 0 Å². The maximum Gasteiger partial charge on any atom is 0.259 e. The third-order valence-electron chi connectivity index (χ3n) is 5.91. The number of fused-ring (bicyclic) bond motifs is 1. The van der Waals surface area contributed by atoms with E-state index in [1.54, 1.807) is 12.1 Å². The Morgan fingerprint density at radius 3 is 2.67 bits per heavy atom. The number of anilines is 3. The lowest BCUT2D eigenvalue weighted by Crippen LogP contribution is -2.48. The average Bonchev–Trinajstić information content (AvgIpc) is 3.55. The van der Waals surface area contributed by atoms with Gasteiger partial charge in [0.15, 0.2) is 5.76 Å². The Balaban J connectivity index is 1.17. The molecule has 14 heteroatoms. The Kier molecular flexibility index (Phi) is 6.33. The zero-order chi connectivity index (χ0) is 25.2. The molecule has 1 saturated heterocycles. The van der Waals surface area contributed by atoms with Crippen LogP contribution >= 0.6 is 0 Å². The number of nitrogens with one attached hydrogen (secondary N) is 2. The van der Waals surface area contributed by atoms with Gasteiger partial charge in [-0.2, -0.15) is 19.5 Å². The maximum atomic E-state index is 14.4. The van der Waals surface area contributed by atoms with Crippen molar-refractivity contribution in [3.63, 3.8) is 0 Å². The number of amides is 1. The summed E-state index contributed by atoms with van der Waals surface area (Å²) in [5.41, 5.74) is 6.05. The smallest absolute Gasteiger partial charge is 0.259 e. The molecule has 4 heterocycles. The zero-order valence-electron chi connectivity index (χ0n) is 19.4. The van der Waals surface area contributed by atoms with Crippen LogP contribution in [0, 0.1) is 11.6 Å². The largest absolute Gasteiger partial charge is 0.461 e. The quantitative estimate of drug-likeness (QED) is 0.340. The number of rotatable bonds is 7. The van der Waals surface area contributed by atoms with Crippen molar-refractivity contribution in [3.8, 4) is 11.6 Å². The Morgan fingerprint density at radius 2 is 1.94 bits per heavy atom. The lowest BCUT2D eigenvalue weighted by Gasteiger charge is -2.36. The Bertz CT molecular complexity index is 1380. The van der Waals surface area contributed by atoms with Crippen LogP contribution in [0.1, 0.15) is 10.4 Å². The van der Waals surface area contributed by atoms with Gasteiger partial charge in [0.1, 0.15) is 11.6 Å². The number of furan rings is 1. The first kappa shape index (κ1) is 23.4. The van der Waals surface area contributed by atoms with E-state index in [2.05, 4.69) is 35.6 Å². The second-order valence-electron chi connectivity index (χ2n) is 8.15. The van der Waals surface area contributed by atoms with Gasteiger partial charge in [-0.15, -0.1) is 5.10 Å². The number of nitrogens with two attached hydrogens (primary N) is 1. The molecule has 4 N–H and O–H groups in total. The van der Waals surface area contributed by atoms with E-state index in [4.69, 9.17) is 10.2 Å². The molecule has 1 aliphatic heterocycles. The van der Waals surface area contributed by atoms with Crippen molar-refractivity contribution >= 4 is 29.3 Å². The van der Waals surface area contributed by atoms with E-state index in [-0.39, 0.29) is 17.2 Å². The lowest BCUT2D eigenvalue weighted by atomic mass is 10.1. The minimum atomic E-state index is -0.885. The Morgan fingerprint density at radius 1 is 1.14 bits per heavy atom. The topological polar surface area (TPSA) is 143 Å². The summed E-state index contributed by atoms with van der Waals surface area (Å²) in [5, 5.41) is 9.78. The van der Waals surface area contributed by atoms with Crippen LogP contribution in [0.25, 0.3) is 17.4 Å². The molecular weight excluding hydrogens is 474 g/mol. The van der Waals surface area contributed by atoms with Crippen LogP contribution < -0.4 is 21.3 Å². The second kappa shape index (κ2) is 9.73. The third kappa shape index (κ3) is 4.62. The van der Waals surface area contributed by atoms with Crippen LogP contribution in [0.4, 0.5) is 26.4 Å². The fourth-order valence-corrected chi connectivity index (χ4v) is 4.02. The third-order valence-corrected chi connectivity index (χ3v) is 5.91. The highest BCUT2D eigenvalue weighted by molar-refractivity contribution is 5.95. The van der Waals surface area contributed by atoms with Crippen molar-refractivity contribution in [2.45, 2.75) is 0 Å². The van der Waals surface area contributed by atoms with Gasteiger partial charge in [0.05, 0.1) is 17.5 Å². The van der Waals surface area contributed by atoms with Crippen LogP contribution in [0.15, 0.2) is 34.9 Å². The number of carbonyl (C=O) groups excluding carboxylic acids is 1. The molecule has 0 bridgehead atoms. The summed E-state index contributed by atoms with van der Waals surface area (Å²) in [4.78, 5) is 28.8. The second-order valence-corrected chi connectivity index (χ2v) is 8.15. The molecule has 5 rings (SSSR count). The first-order valence-corrected chi connectivity index (χ1v) is 11.3. The molecule has 36 heavy (non-hydrogen) atoms. The number of halogens is 2. The van der Waals surface area contributed by atoms with E-state index in [1.165, 1.54) is 23.9 Å². The Labute approximate surface area is 204 Å². The number of benzene rings is 1. The number of carbonyl (C=O) groups is 1. The SMILES string of the molecule is CNC(=O)c1cc(N2CCN(CCNc3nc(N)n4nc(-c5ccco5)nc4n3)CC2)c(F)cc1F. The minimum Gasteiger partial charge on any atom is -0.461 e. The molecule has 1 amide bonds. The highest BCUT2D eigenvalue weighted by Gasteiger charge is 2.23. The van der Waals surface area contributed by atoms with E-state index >= 15 is 0 Å². The van der Waals surface area contributed by atoms with Gasteiger partial charge in [-0.25, -0.2) is 8.78 Å². The first-order valence-electron chi connectivity index (χ1n) is 11.3. The van der Waals surface area contributed by atoms with Crippen LogP contribution in [-0.4, -0.2) is 81.7 Å². The van der Waals surface area contributed by atoms with E-state index in [1.807, 2.05) is 4.90 Å². The summed E-state index contributed by atoms with van der Waals surface area (Å²) >= 11 is 0. The van der Waals surface area contributed by atoms with E-state index in [9.17, 15) is 13.6 Å². The first-order chi connectivity index (χ1) is 17.4. The molecular formula is C22H24F2N10O2. The number of nitrogens with zero attached hydrogens (tertiary/aromatic N) is 7. The van der Waals surface area contributed by atoms with Gasteiger partial charge in [0.2, 0.25) is 17.7 Å². The molecule has 188 valence electrons. The van der Waals surface area contributed by atoms with Crippen LogP contribution in [-0.2, 0) is 0 Å². The normalized spacial score (nSPS) is 14.4. The molecule has 0 atom stereocenters. The summed E-state index contributed by atoms with van der Waals surface area (Å²) in [6.45, 7) is 3.60. The van der Waals surface area contributed by atoms with Crippen molar-refractivity contribution < 1.29 is 18.0 Å². The van der Waals surface area contributed by atoms with Crippen LogP contribution in [0.5, 0.6) is 0 Å². The predicted octanol–water partition coefficient (Wildman–Crippen LogP) is 1.23. The molecule has 3 aromatic heterocycles. The van der Waals surface area contributed by atoms with Gasteiger partial charge >= 0.3 is 0 Å². The summed E-state index contributed by atoms with van der Waals surface area (Å²) in [5.74, 6) is -0.556. The molecule has 1 aromatic carbocycles. The zero-order valence-corrected chi connectivity index (χ0v) is 19.4. The molecule has 0 saturated carbocycles. The van der Waals surface area contributed by atoms with Crippen molar-refractivity contribution in [3.05, 3.63) is 47.7 Å². The van der Waals surface area contributed by atoms with Gasteiger partial charge in [0.25, 0.3) is 11.7 Å². The Hall–Kier alpha value is -4.33.